The minimum Gasteiger partial charge on any atom is -0.465 e. The van der Waals surface area contributed by atoms with E-state index < -0.39 is 36.0 Å². The lowest BCUT2D eigenvalue weighted by molar-refractivity contribution is -0.136. The summed E-state index contributed by atoms with van der Waals surface area (Å²) in [5.41, 5.74) is 8.28. The number of piperidine rings is 1. The van der Waals surface area contributed by atoms with Crippen LogP contribution in [0.3, 0.4) is 0 Å². The first kappa shape index (κ1) is 48.0. The molecule has 374 valence electrons. The molecule has 4 unspecified atom stereocenters. The van der Waals surface area contributed by atoms with Gasteiger partial charge in [0.15, 0.2) is 0 Å². The van der Waals surface area contributed by atoms with E-state index in [0.29, 0.717) is 56.8 Å². The lowest BCUT2D eigenvalue weighted by atomic mass is 9.88. The average molecular weight is 976 g/mol. The number of methoxy groups -OCH3 is 1. The highest BCUT2D eigenvalue weighted by Crippen LogP contribution is 2.40. The number of ether oxygens (including phenoxy) is 2. The number of carboxylic acid groups (broad SMARTS) is 1. The lowest BCUT2D eigenvalue weighted by Gasteiger charge is -2.37. The van der Waals surface area contributed by atoms with E-state index in [1.165, 1.54) is 12.7 Å². The number of alkyl carbamates (subject to hydrolysis) is 1. The molecule has 6 aromatic rings. The predicted octanol–water partition coefficient (Wildman–Crippen LogP) is 9.09. The van der Waals surface area contributed by atoms with Crippen molar-refractivity contribution < 1.29 is 38.6 Å². The van der Waals surface area contributed by atoms with E-state index in [-0.39, 0.29) is 29.8 Å². The molecule has 0 saturated carbocycles. The first-order valence-corrected chi connectivity index (χ1v) is 25.0. The maximum absolute atomic E-state index is 14.3. The second-order valence-corrected chi connectivity index (χ2v) is 20.4. The van der Waals surface area contributed by atoms with Crippen LogP contribution in [0.15, 0.2) is 91.1 Å². The van der Waals surface area contributed by atoms with Crippen LogP contribution < -0.4 is 10.6 Å². The Bertz CT molecular complexity index is 3030. The number of carbonyl (C=O) groups is 5. The average Bonchev–Trinajstić information content (AvgIpc) is 4.23. The summed E-state index contributed by atoms with van der Waals surface area (Å²) in [7, 11) is 1.28. The van der Waals surface area contributed by atoms with Gasteiger partial charge < -0.3 is 49.9 Å². The van der Waals surface area contributed by atoms with Gasteiger partial charge in [0.25, 0.3) is 5.91 Å². The first-order chi connectivity index (χ1) is 34.7. The highest BCUT2D eigenvalue weighted by molar-refractivity contribution is 5.91. The smallest absolute Gasteiger partial charge is 0.410 e. The molecule has 3 aliphatic heterocycles. The number of fused-ring (bicyclic) bond motifs is 4. The van der Waals surface area contributed by atoms with Crippen LogP contribution in [0.2, 0.25) is 0 Å². The van der Waals surface area contributed by atoms with E-state index in [9.17, 15) is 29.1 Å². The van der Waals surface area contributed by atoms with Crippen molar-refractivity contribution in [3.8, 4) is 33.6 Å². The van der Waals surface area contributed by atoms with Gasteiger partial charge in [-0.05, 0) is 123 Å². The van der Waals surface area contributed by atoms with Crippen molar-refractivity contribution in [1.29, 1.82) is 0 Å². The molecule has 5 heterocycles. The standard InChI is InChI=1S/C55H61N9O8/c1-55(2,3)72-54(70)62-26-22-33(23-27-62)45(60-52(67)68)50(65)64-25-9-13-44(64)49-57-41-21-19-38-29-37(18-20-40(38)47(41)59-49)34-14-15-36-30-39(17-16-35(36)28-34)42-31-56-48(58-42)43-12-8-24-63(43)51(66)46(61-53(69)71-4)32-10-6-5-7-11-32/h5-7,10-11,14-18,20,28-31,33,43-46,60H,8-9,12-13,19,21-27H2,1-4H3,(H,56,58)(H,57,59)(H,61,69)(H,67,68). The van der Waals surface area contributed by atoms with Gasteiger partial charge in [-0.2, -0.15) is 0 Å². The fourth-order valence-electron chi connectivity index (χ4n) is 11.1. The summed E-state index contributed by atoms with van der Waals surface area (Å²) in [6.07, 6.45) is 5.02. The van der Waals surface area contributed by atoms with Gasteiger partial charge in [0, 0.05) is 37.3 Å². The summed E-state index contributed by atoms with van der Waals surface area (Å²) >= 11 is 0. The molecule has 17 heteroatoms. The quantitative estimate of drug-likeness (QED) is 0.0878. The molecule has 3 saturated heterocycles. The van der Waals surface area contributed by atoms with E-state index >= 15 is 0 Å². The number of hydrogen-bond donors (Lipinski definition) is 5. The third kappa shape index (κ3) is 9.84. The van der Waals surface area contributed by atoms with E-state index in [1.54, 1.807) is 14.7 Å². The third-order valence-electron chi connectivity index (χ3n) is 14.6. The number of hydrogen-bond acceptors (Lipinski definition) is 9. The maximum Gasteiger partial charge on any atom is 0.410 e. The van der Waals surface area contributed by atoms with E-state index in [0.717, 1.165) is 88.0 Å². The second kappa shape index (κ2) is 19.8. The van der Waals surface area contributed by atoms with Crippen LogP contribution in [0.1, 0.15) is 106 Å². The number of nitrogens with one attached hydrogen (secondary N) is 4. The van der Waals surface area contributed by atoms with Gasteiger partial charge in [0.05, 0.1) is 42.5 Å². The molecule has 4 atom stereocenters. The highest BCUT2D eigenvalue weighted by atomic mass is 16.6. The molecule has 3 fully saturated rings. The molecular formula is C55H61N9O8. The normalized spacial score (nSPS) is 18.8. The number of imidazole rings is 2. The Labute approximate surface area is 417 Å². The fourth-order valence-corrected chi connectivity index (χ4v) is 11.1. The number of rotatable bonds is 10. The largest absolute Gasteiger partial charge is 0.465 e. The Morgan fingerprint density at radius 1 is 0.736 bits per heavy atom. The Hall–Kier alpha value is -7.69. The number of aromatic nitrogens is 4. The number of likely N-dealkylation sites (tertiary alicyclic amines) is 3. The monoisotopic (exact) mass is 975 g/mol. The number of aryl methyl sites for hydroxylation is 2. The van der Waals surface area contributed by atoms with Crippen molar-refractivity contribution in [1.82, 2.24) is 45.3 Å². The van der Waals surface area contributed by atoms with E-state index in [4.69, 9.17) is 19.4 Å². The molecule has 0 spiro atoms. The summed E-state index contributed by atoms with van der Waals surface area (Å²) < 4.78 is 10.4. The molecule has 17 nitrogen and oxygen atoms in total. The number of nitrogens with zero attached hydrogens (tertiary/aromatic N) is 5. The molecule has 0 bridgehead atoms. The van der Waals surface area contributed by atoms with Crippen molar-refractivity contribution in [3.63, 3.8) is 0 Å². The molecule has 5 amide bonds. The molecule has 5 N–H and O–H groups in total. The third-order valence-corrected chi connectivity index (χ3v) is 14.6. The SMILES string of the molecule is COC(=O)NC(C(=O)N1CCCC1c1ncc(-c2ccc3cc(-c4ccc5c(c4)CCc4nc(C6CCCN6C(=O)C(NC(=O)O)C6CCN(C(=O)OC(C)(C)C)CC6)[nH]c4-5)ccc3c2)[nH]1)c1ccccc1. The maximum atomic E-state index is 14.3. The van der Waals surface area contributed by atoms with Gasteiger partial charge in [0.2, 0.25) is 5.91 Å². The summed E-state index contributed by atoms with van der Waals surface area (Å²) in [6, 6.07) is 26.1. The first-order valence-electron chi connectivity index (χ1n) is 25.0. The van der Waals surface area contributed by atoms with Crippen LogP contribution in [-0.2, 0) is 31.9 Å². The predicted molar refractivity (Wildman–Crippen MR) is 270 cm³/mol. The Morgan fingerprint density at radius 3 is 2.08 bits per heavy atom. The zero-order valence-corrected chi connectivity index (χ0v) is 41.1. The number of H-pyrrole nitrogens is 2. The summed E-state index contributed by atoms with van der Waals surface area (Å²) in [6.45, 7) is 7.25. The van der Waals surface area contributed by atoms with Crippen LogP contribution in [-0.4, -0.2) is 115 Å². The Kier molecular flexibility index (Phi) is 13.2. The number of carbonyl (C=O) groups excluding carboxylic acids is 4. The molecule has 2 aromatic heterocycles. The molecule has 1 aliphatic carbocycles. The molecular weight excluding hydrogens is 915 g/mol. The van der Waals surface area contributed by atoms with E-state index in [1.807, 2.05) is 57.3 Å². The number of aromatic amines is 2. The summed E-state index contributed by atoms with van der Waals surface area (Å²) in [5, 5.41) is 17.3. The van der Waals surface area contributed by atoms with Crippen LogP contribution >= 0.6 is 0 Å². The van der Waals surface area contributed by atoms with Crippen LogP contribution in [0.25, 0.3) is 44.4 Å². The van der Waals surface area contributed by atoms with Crippen molar-refractivity contribution >= 4 is 40.9 Å². The number of benzene rings is 4. The molecule has 4 aromatic carbocycles. The fraction of sp³-hybridized carbons (Fsp3) is 0.400. The molecule has 72 heavy (non-hydrogen) atoms. The van der Waals surface area contributed by atoms with Crippen molar-refractivity contribution in [2.24, 2.45) is 5.92 Å². The van der Waals surface area contributed by atoms with Crippen molar-refractivity contribution in [3.05, 3.63) is 120 Å². The Balaban J connectivity index is 0.818. The molecule has 10 rings (SSSR count). The van der Waals surface area contributed by atoms with Gasteiger partial charge in [-0.25, -0.2) is 24.4 Å². The van der Waals surface area contributed by atoms with Gasteiger partial charge in [0.1, 0.15) is 29.3 Å². The van der Waals surface area contributed by atoms with Gasteiger partial charge in [-0.3, -0.25) is 9.59 Å². The minimum absolute atomic E-state index is 0.218. The van der Waals surface area contributed by atoms with Crippen LogP contribution in [0.4, 0.5) is 14.4 Å². The van der Waals surface area contributed by atoms with Crippen LogP contribution in [0.5, 0.6) is 0 Å². The second-order valence-electron chi connectivity index (χ2n) is 20.4. The van der Waals surface area contributed by atoms with Gasteiger partial charge >= 0.3 is 18.3 Å². The van der Waals surface area contributed by atoms with E-state index in [2.05, 4.69) is 75.2 Å². The minimum atomic E-state index is -1.25. The zero-order chi connectivity index (χ0) is 50.3. The summed E-state index contributed by atoms with van der Waals surface area (Å²) in [4.78, 5) is 87.6. The van der Waals surface area contributed by atoms with Gasteiger partial charge in [-0.15, -0.1) is 0 Å². The lowest BCUT2D eigenvalue weighted by Crippen LogP contribution is -2.54. The van der Waals surface area contributed by atoms with Crippen molar-refractivity contribution in [2.45, 2.75) is 102 Å². The van der Waals surface area contributed by atoms with Gasteiger partial charge in [-0.1, -0.05) is 72.8 Å². The molecule has 4 aliphatic rings. The Morgan fingerprint density at radius 2 is 1.39 bits per heavy atom. The van der Waals surface area contributed by atoms with Crippen molar-refractivity contribution in [2.75, 3.05) is 33.3 Å². The zero-order valence-electron chi connectivity index (χ0n) is 41.1. The number of amides is 5. The summed E-state index contributed by atoms with van der Waals surface area (Å²) in [5.74, 6) is 0.663. The highest BCUT2D eigenvalue weighted by Gasteiger charge is 2.42. The topological polar surface area (TPSA) is 215 Å². The van der Waals surface area contributed by atoms with Crippen LogP contribution in [0, 0.1) is 5.92 Å². The molecule has 0 radical (unpaired) electrons.